The third-order valence-corrected chi connectivity index (χ3v) is 1.83. The van der Waals surface area contributed by atoms with Crippen LogP contribution in [-0.2, 0) is 38.1 Å². The van der Waals surface area contributed by atoms with Crippen molar-refractivity contribution < 1.29 is 38.1 Å². The Kier molecular flexibility index (Phi) is 10.3. The third kappa shape index (κ3) is 11.0. The normalized spacial score (nSPS) is 9.64. The largest absolute Gasteiger partial charge is 0.459 e. The van der Waals surface area contributed by atoms with Crippen molar-refractivity contribution in [2.45, 2.75) is 0 Å². The molecule has 0 unspecified atom stereocenters. The van der Waals surface area contributed by atoms with Crippen molar-refractivity contribution in [3.63, 3.8) is 0 Å². The molecule has 0 N–H and O–H groups in total. The quantitative estimate of drug-likeness (QED) is 0.242. The molecule has 0 spiro atoms. The van der Waals surface area contributed by atoms with E-state index in [9.17, 15) is 19.2 Å². The summed E-state index contributed by atoms with van der Waals surface area (Å²) in [6.07, 6.45) is 3.66. The van der Waals surface area contributed by atoms with Gasteiger partial charge in [0.15, 0.2) is 0 Å². The topological polar surface area (TPSA) is 105 Å². The summed E-state index contributed by atoms with van der Waals surface area (Å²) >= 11 is 0. The van der Waals surface area contributed by atoms with Crippen LogP contribution < -0.4 is 0 Å². The first-order valence-corrected chi connectivity index (χ1v) is 6.09. The van der Waals surface area contributed by atoms with Crippen molar-refractivity contribution in [3.05, 3.63) is 37.5 Å². The second-order valence-electron chi connectivity index (χ2n) is 3.41. The van der Waals surface area contributed by atoms with Crippen LogP contribution >= 0.6 is 0 Å². The predicted octanol–water partition coefficient (Wildman–Crippen LogP) is 0.0874. The first-order valence-electron chi connectivity index (χ1n) is 6.09. The molecule has 0 aliphatic carbocycles. The van der Waals surface area contributed by atoms with Gasteiger partial charge in [0.25, 0.3) is 0 Å². The minimum Gasteiger partial charge on any atom is -0.459 e. The number of hydrogen-bond acceptors (Lipinski definition) is 8. The molecule has 0 aliphatic heterocycles. The van der Waals surface area contributed by atoms with Gasteiger partial charge in [-0.15, -0.1) is 0 Å². The maximum atomic E-state index is 11.2. The van der Waals surface area contributed by atoms with Crippen LogP contribution in [0.2, 0.25) is 0 Å². The molecule has 0 heterocycles. The summed E-state index contributed by atoms with van der Waals surface area (Å²) in [5.74, 6) is -2.87. The molecule has 8 heteroatoms. The van der Waals surface area contributed by atoms with Crippen LogP contribution in [0.3, 0.4) is 0 Å². The number of rotatable bonds is 10. The van der Waals surface area contributed by atoms with Crippen LogP contribution in [0.5, 0.6) is 0 Å². The smallest absolute Gasteiger partial charge is 0.331 e. The van der Waals surface area contributed by atoms with Gasteiger partial charge in [0.1, 0.15) is 26.4 Å². The van der Waals surface area contributed by atoms with Crippen LogP contribution in [0.25, 0.3) is 0 Å². The molecule has 120 valence electrons. The Balaban J connectivity index is 3.75. The number of ether oxygens (including phenoxy) is 4. The van der Waals surface area contributed by atoms with E-state index in [4.69, 9.17) is 0 Å². The van der Waals surface area contributed by atoms with Gasteiger partial charge in [0.05, 0.1) is 0 Å². The summed E-state index contributed by atoms with van der Waals surface area (Å²) in [5.41, 5.74) is 0. The lowest BCUT2D eigenvalue weighted by Crippen LogP contribution is -2.13. The SMILES string of the molecule is C=CC(=O)OCCOC(=O)/C=C\C(=O)OCCOC(=O)C=C. The van der Waals surface area contributed by atoms with E-state index in [2.05, 4.69) is 32.1 Å². The van der Waals surface area contributed by atoms with E-state index in [1.54, 1.807) is 0 Å². The zero-order valence-electron chi connectivity index (χ0n) is 11.8. The molecule has 0 bridgehead atoms. The van der Waals surface area contributed by atoms with E-state index in [-0.39, 0.29) is 26.4 Å². The fraction of sp³-hybridized carbons (Fsp3) is 0.286. The minimum atomic E-state index is -0.801. The average molecular weight is 312 g/mol. The van der Waals surface area contributed by atoms with Gasteiger partial charge in [-0.25, -0.2) is 19.2 Å². The molecule has 0 aliphatic rings. The Hall–Kier alpha value is -2.90. The molecule has 22 heavy (non-hydrogen) atoms. The number of carbonyl (C=O) groups excluding carboxylic acids is 4. The molecule has 0 rings (SSSR count). The molecule has 0 fully saturated rings. The Morgan fingerprint density at radius 3 is 1.14 bits per heavy atom. The highest BCUT2D eigenvalue weighted by molar-refractivity contribution is 5.91. The summed E-state index contributed by atoms with van der Waals surface area (Å²) in [4.78, 5) is 43.7. The highest BCUT2D eigenvalue weighted by Gasteiger charge is 2.03. The Morgan fingerprint density at radius 2 is 0.864 bits per heavy atom. The first-order chi connectivity index (χ1) is 10.5. The van der Waals surface area contributed by atoms with Gasteiger partial charge in [-0.2, -0.15) is 0 Å². The Bertz CT molecular complexity index is 421. The molecule has 0 atom stereocenters. The predicted molar refractivity (Wildman–Crippen MR) is 73.4 cm³/mol. The van der Waals surface area contributed by atoms with Crippen LogP contribution in [-0.4, -0.2) is 50.3 Å². The number of esters is 4. The Morgan fingerprint density at radius 1 is 0.591 bits per heavy atom. The molecule has 0 amide bonds. The summed E-state index contributed by atoms with van der Waals surface area (Å²) in [6.45, 7) is 5.82. The molecule has 0 aromatic rings. The van der Waals surface area contributed by atoms with Crippen LogP contribution in [0.15, 0.2) is 37.5 Å². The van der Waals surface area contributed by atoms with E-state index in [0.717, 1.165) is 24.3 Å². The van der Waals surface area contributed by atoms with Gasteiger partial charge in [-0.1, -0.05) is 13.2 Å². The Labute approximate surface area is 127 Å². The molecule has 8 nitrogen and oxygen atoms in total. The molecule has 0 saturated carbocycles. The van der Waals surface area contributed by atoms with E-state index in [1.165, 1.54) is 0 Å². The zero-order valence-corrected chi connectivity index (χ0v) is 11.8. The summed E-state index contributed by atoms with van der Waals surface area (Å²) in [6, 6.07) is 0. The highest BCUT2D eigenvalue weighted by atomic mass is 16.6. The molecule has 0 radical (unpaired) electrons. The fourth-order valence-corrected chi connectivity index (χ4v) is 0.919. The molecular weight excluding hydrogens is 296 g/mol. The van der Waals surface area contributed by atoms with E-state index in [1.807, 2.05) is 0 Å². The second-order valence-corrected chi connectivity index (χ2v) is 3.41. The number of hydrogen-bond donors (Lipinski definition) is 0. The van der Waals surface area contributed by atoms with E-state index < -0.39 is 23.9 Å². The van der Waals surface area contributed by atoms with Gasteiger partial charge in [0.2, 0.25) is 0 Å². The van der Waals surface area contributed by atoms with Crippen molar-refractivity contribution >= 4 is 23.9 Å². The lowest BCUT2D eigenvalue weighted by molar-refractivity contribution is -0.147. The maximum Gasteiger partial charge on any atom is 0.331 e. The van der Waals surface area contributed by atoms with Gasteiger partial charge in [-0.05, 0) is 0 Å². The average Bonchev–Trinajstić information content (AvgIpc) is 2.52. The van der Waals surface area contributed by atoms with Crippen molar-refractivity contribution in [2.24, 2.45) is 0 Å². The monoisotopic (exact) mass is 312 g/mol. The van der Waals surface area contributed by atoms with Crippen LogP contribution in [0.4, 0.5) is 0 Å². The van der Waals surface area contributed by atoms with Gasteiger partial charge in [-0.3, -0.25) is 0 Å². The van der Waals surface area contributed by atoms with Crippen molar-refractivity contribution in [2.75, 3.05) is 26.4 Å². The third-order valence-electron chi connectivity index (χ3n) is 1.83. The van der Waals surface area contributed by atoms with Crippen molar-refractivity contribution in [1.29, 1.82) is 0 Å². The molecule has 0 aromatic heterocycles. The first kappa shape index (κ1) is 19.1. The number of carbonyl (C=O) groups is 4. The molecular formula is C14H16O8. The van der Waals surface area contributed by atoms with Gasteiger partial charge < -0.3 is 18.9 Å². The maximum absolute atomic E-state index is 11.2. The molecule has 0 saturated heterocycles. The fourth-order valence-electron chi connectivity index (χ4n) is 0.919. The van der Waals surface area contributed by atoms with Crippen molar-refractivity contribution in [3.8, 4) is 0 Å². The highest BCUT2D eigenvalue weighted by Crippen LogP contribution is 1.88. The van der Waals surface area contributed by atoms with Crippen LogP contribution in [0.1, 0.15) is 0 Å². The second kappa shape index (κ2) is 11.9. The zero-order chi connectivity index (χ0) is 16.8. The van der Waals surface area contributed by atoms with E-state index >= 15 is 0 Å². The van der Waals surface area contributed by atoms with Gasteiger partial charge >= 0.3 is 23.9 Å². The van der Waals surface area contributed by atoms with Gasteiger partial charge in [0, 0.05) is 24.3 Å². The minimum absolute atomic E-state index is 0.121. The van der Waals surface area contributed by atoms with E-state index in [0.29, 0.717) is 0 Å². The lowest BCUT2D eigenvalue weighted by Gasteiger charge is -2.03. The lowest BCUT2D eigenvalue weighted by atomic mass is 10.5. The summed E-state index contributed by atoms with van der Waals surface area (Å²) < 4.78 is 18.4. The molecule has 0 aromatic carbocycles. The summed E-state index contributed by atoms with van der Waals surface area (Å²) in [5, 5.41) is 0. The standard InChI is InChI=1S/C14H16O8/c1-3-11(15)19-7-9-21-13(17)5-6-14(18)22-10-8-20-12(16)4-2/h3-6H,1-2,7-10H2/b6-5-. The van der Waals surface area contributed by atoms with Crippen molar-refractivity contribution in [1.82, 2.24) is 0 Å². The summed E-state index contributed by atoms with van der Waals surface area (Å²) in [7, 11) is 0. The van der Waals surface area contributed by atoms with Crippen LogP contribution in [0, 0.1) is 0 Å².